The molecule has 0 aromatic carbocycles. The van der Waals surface area contributed by atoms with E-state index in [2.05, 4.69) is 10.4 Å². The molecule has 2 aromatic heterocycles. The van der Waals surface area contributed by atoms with Gasteiger partial charge >= 0.3 is 6.03 Å². The van der Waals surface area contributed by atoms with E-state index >= 15 is 0 Å². The molecule has 3 rings (SSSR count). The number of carbonyl (C=O) groups is 2. The van der Waals surface area contributed by atoms with Crippen LogP contribution in [0.15, 0.2) is 36.0 Å². The van der Waals surface area contributed by atoms with Crippen molar-refractivity contribution in [2.75, 3.05) is 26.2 Å². The third-order valence-electron chi connectivity index (χ3n) is 4.60. The zero-order valence-corrected chi connectivity index (χ0v) is 15.8. The topological polar surface area (TPSA) is 70.5 Å². The number of urea groups is 1. The molecule has 0 bridgehead atoms. The monoisotopic (exact) mass is 375 g/mol. The molecule has 140 valence electrons. The van der Waals surface area contributed by atoms with Crippen molar-refractivity contribution >= 4 is 23.3 Å². The highest BCUT2D eigenvalue weighted by Crippen LogP contribution is 2.17. The quantitative estimate of drug-likeness (QED) is 0.842. The molecule has 3 heterocycles. The van der Waals surface area contributed by atoms with Gasteiger partial charge < -0.3 is 15.1 Å². The molecular formula is C18H25N5O2S. The van der Waals surface area contributed by atoms with E-state index in [9.17, 15) is 9.59 Å². The number of likely N-dealkylation sites (tertiary alicyclic amines) is 1. The average Bonchev–Trinajstić information content (AvgIpc) is 3.36. The first-order valence-corrected chi connectivity index (χ1v) is 9.91. The molecule has 1 saturated heterocycles. The lowest BCUT2D eigenvalue weighted by Gasteiger charge is -2.34. The first-order valence-electron chi connectivity index (χ1n) is 9.03. The van der Waals surface area contributed by atoms with Crippen molar-refractivity contribution < 1.29 is 9.59 Å². The molecule has 7 nitrogen and oxygen atoms in total. The lowest BCUT2D eigenvalue weighted by molar-refractivity contribution is 0.0699. The Morgan fingerprint density at radius 3 is 3.00 bits per heavy atom. The number of thiophene rings is 1. The van der Waals surface area contributed by atoms with Crippen LogP contribution in [0.3, 0.4) is 0 Å². The molecule has 1 aliphatic heterocycles. The largest absolute Gasteiger partial charge is 0.336 e. The summed E-state index contributed by atoms with van der Waals surface area (Å²) < 4.78 is 1.82. The van der Waals surface area contributed by atoms with Gasteiger partial charge in [0.05, 0.1) is 11.4 Å². The summed E-state index contributed by atoms with van der Waals surface area (Å²) in [5.74, 6) is 0.0602. The van der Waals surface area contributed by atoms with Gasteiger partial charge in [-0.3, -0.25) is 9.48 Å². The van der Waals surface area contributed by atoms with Crippen LogP contribution in [0.1, 0.15) is 29.4 Å². The first kappa shape index (κ1) is 18.4. The van der Waals surface area contributed by atoms with Crippen LogP contribution in [-0.4, -0.2) is 63.7 Å². The average molecular weight is 375 g/mol. The van der Waals surface area contributed by atoms with Gasteiger partial charge in [-0.15, -0.1) is 11.3 Å². The molecule has 0 unspecified atom stereocenters. The van der Waals surface area contributed by atoms with Gasteiger partial charge in [-0.1, -0.05) is 6.07 Å². The van der Waals surface area contributed by atoms with Crippen LogP contribution in [0.25, 0.3) is 0 Å². The number of hydrogen-bond acceptors (Lipinski definition) is 4. The van der Waals surface area contributed by atoms with E-state index in [0.717, 1.165) is 24.3 Å². The highest BCUT2D eigenvalue weighted by Gasteiger charge is 2.27. The highest BCUT2D eigenvalue weighted by molar-refractivity contribution is 7.12. The zero-order chi connectivity index (χ0) is 18.4. The minimum Gasteiger partial charge on any atom is -0.336 e. The molecule has 1 aliphatic rings. The molecule has 8 heteroatoms. The second-order valence-electron chi connectivity index (χ2n) is 6.37. The maximum absolute atomic E-state index is 12.6. The Kier molecular flexibility index (Phi) is 6.27. The molecule has 1 atom stereocenters. The molecule has 1 fully saturated rings. The number of piperidine rings is 1. The lowest BCUT2D eigenvalue weighted by atomic mass is 10.1. The first-order chi connectivity index (χ1) is 12.7. The summed E-state index contributed by atoms with van der Waals surface area (Å²) in [6.45, 7) is 5.20. The van der Waals surface area contributed by atoms with Crippen molar-refractivity contribution in [3.8, 4) is 0 Å². The lowest BCUT2D eigenvalue weighted by Crippen LogP contribution is -2.53. The molecule has 0 saturated carbocycles. The Morgan fingerprint density at radius 2 is 2.31 bits per heavy atom. The van der Waals surface area contributed by atoms with Crippen molar-refractivity contribution in [3.63, 3.8) is 0 Å². The van der Waals surface area contributed by atoms with Crippen LogP contribution < -0.4 is 5.32 Å². The number of carbonyl (C=O) groups excluding carboxylic acids is 2. The number of amides is 3. The Balaban J connectivity index is 1.51. The van der Waals surface area contributed by atoms with Crippen LogP contribution in [-0.2, 0) is 6.54 Å². The number of hydrogen-bond donors (Lipinski definition) is 1. The summed E-state index contributed by atoms with van der Waals surface area (Å²) in [5.41, 5.74) is 0. The number of aromatic nitrogens is 2. The maximum atomic E-state index is 12.6. The number of likely N-dealkylation sites (N-methyl/N-ethyl adjacent to an activating group) is 1. The third kappa shape index (κ3) is 4.63. The van der Waals surface area contributed by atoms with Crippen LogP contribution in [0.5, 0.6) is 0 Å². The summed E-state index contributed by atoms with van der Waals surface area (Å²) in [4.78, 5) is 29.5. The number of nitrogens with zero attached hydrogens (tertiary/aromatic N) is 4. The van der Waals surface area contributed by atoms with Gasteiger partial charge in [-0.05, 0) is 37.3 Å². The van der Waals surface area contributed by atoms with E-state index < -0.39 is 0 Å². The van der Waals surface area contributed by atoms with Gasteiger partial charge in [0.1, 0.15) is 0 Å². The summed E-state index contributed by atoms with van der Waals surface area (Å²) in [6.07, 6.45) is 5.43. The van der Waals surface area contributed by atoms with Gasteiger partial charge in [0.25, 0.3) is 5.91 Å². The van der Waals surface area contributed by atoms with Crippen LogP contribution in [0, 0.1) is 0 Å². The minimum absolute atomic E-state index is 0.00100. The Hall–Kier alpha value is -2.35. The molecular weight excluding hydrogens is 350 g/mol. The van der Waals surface area contributed by atoms with Gasteiger partial charge in [0.15, 0.2) is 0 Å². The zero-order valence-electron chi connectivity index (χ0n) is 15.0. The van der Waals surface area contributed by atoms with Gasteiger partial charge in [0.2, 0.25) is 0 Å². The normalized spacial score (nSPS) is 17.1. The van der Waals surface area contributed by atoms with E-state index in [1.807, 2.05) is 46.3 Å². The van der Waals surface area contributed by atoms with Gasteiger partial charge in [-0.25, -0.2) is 4.79 Å². The standard InChI is InChI=1S/C18H25N5O2S/c1-2-21(11-12-23-10-5-8-19-23)18(25)20-15-6-3-9-22(14-15)17(24)16-7-4-13-26-16/h4-5,7-8,10,13,15H,2-3,6,9,11-12,14H2,1H3,(H,20,25)/t15-/m0/s1. The fourth-order valence-electron chi connectivity index (χ4n) is 3.16. The molecule has 2 aromatic rings. The van der Waals surface area contributed by atoms with Crippen molar-refractivity contribution in [1.82, 2.24) is 24.9 Å². The summed E-state index contributed by atoms with van der Waals surface area (Å²) >= 11 is 1.46. The second kappa shape index (κ2) is 8.84. The number of rotatable bonds is 6. The molecule has 0 spiro atoms. The minimum atomic E-state index is -0.0740. The van der Waals surface area contributed by atoms with E-state index in [1.165, 1.54) is 11.3 Å². The smallest absolute Gasteiger partial charge is 0.317 e. The Bertz CT molecular complexity index is 701. The van der Waals surface area contributed by atoms with E-state index in [4.69, 9.17) is 0 Å². The van der Waals surface area contributed by atoms with E-state index in [0.29, 0.717) is 26.2 Å². The molecule has 26 heavy (non-hydrogen) atoms. The van der Waals surface area contributed by atoms with E-state index in [1.54, 1.807) is 11.1 Å². The van der Waals surface area contributed by atoms with Crippen LogP contribution in [0.2, 0.25) is 0 Å². The fraction of sp³-hybridized carbons (Fsp3) is 0.500. The van der Waals surface area contributed by atoms with Crippen molar-refractivity contribution in [2.45, 2.75) is 32.4 Å². The Labute approximate surface area is 157 Å². The molecule has 0 aliphatic carbocycles. The van der Waals surface area contributed by atoms with Crippen molar-refractivity contribution in [1.29, 1.82) is 0 Å². The fourth-order valence-corrected chi connectivity index (χ4v) is 3.85. The van der Waals surface area contributed by atoms with E-state index in [-0.39, 0.29) is 18.0 Å². The second-order valence-corrected chi connectivity index (χ2v) is 7.31. The number of nitrogens with one attached hydrogen (secondary N) is 1. The summed E-state index contributed by atoms with van der Waals surface area (Å²) in [5, 5.41) is 9.18. The summed E-state index contributed by atoms with van der Waals surface area (Å²) in [7, 11) is 0. The van der Waals surface area contributed by atoms with Crippen LogP contribution in [0.4, 0.5) is 4.79 Å². The molecule has 1 N–H and O–H groups in total. The highest BCUT2D eigenvalue weighted by atomic mass is 32.1. The van der Waals surface area contributed by atoms with Crippen molar-refractivity contribution in [2.24, 2.45) is 0 Å². The predicted octanol–water partition coefficient (Wildman–Crippen LogP) is 2.28. The maximum Gasteiger partial charge on any atom is 0.317 e. The van der Waals surface area contributed by atoms with Gasteiger partial charge in [-0.2, -0.15) is 5.10 Å². The predicted molar refractivity (Wildman–Crippen MR) is 101 cm³/mol. The third-order valence-corrected chi connectivity index (χ3v) is 5.45. The van der Waals surface area contributed by atoms with Crippen LogP contribution >= 0.6 is 11.3 Å². The molecule has 3 amide bonds. The Morgan fingerprint density at radius 1 is 1.42 bits per heavy atom. The molecule has 0 radical (unpaired) electrons. The summed E-state index contributed by atoms with van der Waals surface area (Å²) in [6, 6.07) is 5.54. The van der Waals surface area contributed by atoms with Crippen molar-refractivity contribution in [3.05, 3.63) is 40.8 Å². The van der Waals surface area contributed by atoms with Gasteiger partial charge in [0, 0.05) is 44.6 Å². The SMILES string of the molecule is CCN(CCn1cccn1)C(=O)N[C@H]1CCCN(C(=O)c2cccs2)C1.